The summed E-state index contributed by atoms with van der Waals surface area (Å²) >= 11 is 0. The van der Waals surface area contributed by atoms with E-state index >= 15 is 0 Å². The molecule has 2 aliphatic carbocycles. The topological polar surface area (TPSA) is 3.24 Å². The largest absolute Gasteiger partial charge is 0.288 e. The molecule has 1 saturated heterocycles. The van der Waals surface area contributed by atoms with Crippen LogP contribution in [0.1, 0.15) is 44.1 Å². The Morgan fingerprint density at radius 3 is 1.81 bits per heavy atom. The number of hydrogen-bond donors (Lipinski definition) is 0. The van der Waals surface area contributed by atoms with Crippen LogP contribution in [0.5, 0.6) is 0 Å². The third kappa shape index (κ3) is 1.21. The molecule has 2 spiro atoms. The highest BCUT2D eigenvalue weighted by Crippen LogP contribution is 2.63. The Morgan fingerprint density at radius 2 is 1.31 bits per heavy atom. The van der Waals surface area contributed by atoms with Crippen molar-refractivity contribution in [3.8, 4) is 0 Å². The monoisotopic (exact) mass is 213 g/mol. The molecule has 3 fully saturated rings. The fourth-order valence-electron chi connectivity index (χ4n) is 3.67. The van der Waals surface area contributed by atoms with Crippen molar-refractivity contribution >= 4 is 0 Å². The quantitative estimate of drug-likeness (QED) is 0.728. The van der Waals surface area contributed by atoms with E-state index in [0.29, 0.717) is 11.1 Å². The second-order valence-electron chi connectivity index (χ2n) is 6.02. The van der Waals surface area contributed by atoms with Crippen LogP contribution >= 0.6 is 0 Å². The van der Waals surface area contributed by atoms with Crippen LogP contribution < -0.4 is 0 Å². The SMILES string of the molecule is c1ccc(CN2C3(CC3)CCC23CC3)cc1. The van der Waals surface area contributed by atoms with Gasteiger partial charge in [0.2, 0.25) is 0 Å². The van der Waals surface area contributed by atoms with Crippen LogP contribution in [-0.4, -0.2) is 16.0 Å². The first kappa shape index (κ1) is 9.23. The zero-order valence-electron chi connectivity index (χ0n) is 9.78. The van der Waals surface area contributed by atoms with Gasteiger partial charge in [-0.2, -0.15) is 0 Å². The van der Waals surface area contributed by atoms with E-state index in [2.05, 4.69) is 35.2 Å². The van der Waals surface area contributed by atoms with Crippen molar-refractivity contribution in [3.05, 3.63) is 35.9 Å². The lowest BCUT2D eigenvalue weighted by Crippen LogP contribution is -2.38. The summed E-state index contributed by atoms with van der Waals surface area (Å²) in [6.07, 6.45) is 8.78. The van der Waals surface area contributed by atoms with E-state index in [1.54, 1.807) is 0 Å². The van der Waals surface area contributed by atoms with Crippen molar-refractivity contribution in [1.29, 1.82) is 0 Å². The van der Waals surface area contributed by atoms with Gasteiger partial charge >= 0.3 is 0 Å². The Morgan fingerprint density at radius 1 is 0.812 bits per heavy atom. The lowest BCUT2D eigenvalue weighted by Gasteiger charge is -2.30. The average molecular weight is 213 g/mol. The minimum absolute atomic E-state index is 0.645. The van der Waals surface area contributed by atoms with Crippen LogP contribution in [0, 0.1) is 0 Å². The molecule has 0 unspecified atom stereocenters. The second kappa shape index (κ2) is 2.89. The van der Waals surface area contributed by atoms with E-state index in [0.717, 1.165) is 0 Å². The van der Waals surface area contributed by atoms with Gasteiger partial charge in [0.05, 0.1) is 0 Å². The van der Waals surface area contributed by atoms with Gasteiger partial charge in [0.15, 0.2) is 0 Å². The molecule has 1 nitrogen and oxygen atoms in total. The lowest BCUT2D eigenvalue weighted by molar-refractivity contribution is 0.152. The van der Waals surface area contributed by atoms with Crippen molar-refractivity contribution in [1.82, 2.24) is 4.90 Å². The number of hydrogen-bond acceptors (Lipinski definition) is 1. The molecule has 84 valence electrons. The van der Waals surface area contributed by atoms with Gasteiger partial charge in [-0.15, -0.1) is 0 Å². The maximum atomic E-state index is 2.87. The Labute approximate surface area is 97.5 Å². The summed E-state index contributed by atoms with van der Waals surface area (Å²) in [6.45, 7) is 1.20. The van der Waals surface area contributed by atoms with Gasteiger partial charge in [-0.1, -0.05) is 30.3 Å². The first-order chi connectivity index (χ1) is 7.83. The second-order valence-corrected chi connectivity index (χ2v) is 6.02. The molecule has 0 aromatic heterocycles. The summed E-state index contributed by atoms with van der Waals surface area (Å²) in [4.78, 5) is 2.87. The molecule has 1 aromatic rings. The fraction of sp³-hybridized carbons (Fsp3) is 0.600. The molecular weight excluding hydrogens is 194 g/mol. The molecule has 1 aromatic carbocycles. The van der Waals surface area contributed by atoms with E-state index in [-0.39, 0.29) is 0 Å². The normalized spacial score (nSPS) is 28.8. The third-order valence-corrected chi connectivity index (χ3v) is 5.04. The van der Waals surface area contributed by atoms with Gasteiger partial charge in [0, 0.05) is 17.6 Å². The summed E-state index contributed by atoms with van der Waals surface area (Å²) in [5.74, 6) is 0. The Bertz CT molecular complexity index is 381. The molecule has 1 heteroatoms. The molecule has 2 saturated carbocycles. The van der Waals surface area contributed by atoms with Gasteiger partial charge in [0.25, 0.3) is 0 Å². The molecule has 0 amide bonds. The average Bonchev–Trinajstić information content (AvgIpc) is 3.20. The predicted molar refractivity (Wildman–Crippen MR) is 65.1 cm³/mol. The minimum atomic E-state index is 0.645. The Balaban J connectivity index is 1.62. The summed E-state index contributed by atoms with van der Waals surface area (Å²) in [6, 6.07) is 11.0. The van der Waals surface area contributed by atoms with E-state index < -0.39 is 0 Å². The van der Waals surface area contributed by atoms with E-state index in [1.165, 1.54) is 50.6 Å². The summed E-state index contributed by atoms with van der Waals surface area (Å²) in [5, 5.41) is 0. The first-order valence-corrected chi connectivity index (χ1v) is 6.65. The molecule has 0 atom stereocenters. The fourth-order valence-corrected chi connectivity index (χ4v) is 3.67. The maximum absolute atomic E-state index is 2.87. The van der Waals surface area contributed by atoms with Crippen molar-refractivity contribution in [2.45, 2.75) is 56.1 Å². The van der Waals surface area contributed by atoms with Crippen molar-refractivity contribution in [3.63, 3.8) is 0 Å². The molecule has 0 radical (unpaired) electrons. The van der Waals surface area contributed by atoms with Crippen LogP contribution in [0.25, 0.3) is 0 Å². The van der Waals surface area contributed by atoms with Crippen LogP contribution in [0.3, 0.4) is 0 Å². The summed E-state index contributed by atoms with van der Waals surface area (Å²) < 4.78 is 0. The molecule has 3 aliphatic rings. The van der Waals surface area contributed by atoms with E-state index in [9.17, 15) is 0 Å². The van der Waals surface area contributed by atoms with Gasteiger partial charge in [-0.3, -0.25) is 4.90 Å². The van der Waals surface area contributed by atoms with Crippen molar-refractivity contribution in [2.75, 3.05) is 0 Å². The Kier molecular flexibility index (Phi) is 1.67. The smallest absolute Gasteiger partial charge is 0.0244 e. The van der Waals surface area contributed by atoms with Gasteiger partial charge in [-0.05, 0) is 44.1 Å². The number of nitrogens with zero attached hydrogens (tertiary/aromatic N) is 1. The molecule has 0 bridgehead atoms. The summed E-state index contributed by atoms with van der Waals surface area (Å²) in [7, 11) is 0. The highest BCUT2D eigenvalue weighted by atomic mass is 15.3. The molecule has 0 N–H and O–H groups in total. The van der Waals surface area contributed by atoms with Crippen molar-refractivity contribution in [2.24, 2.45) is 0 Å². The zero-order chi connectivity index (χ0) is 10.6. The zero-order valence-corrected chi connectivity index (χ0v) is 9.78. The predicted octanol–water partition coefficient (Wildman–Crippen LogP) is 3.35. The molecule has 1 heterocycles. The number of likely N-dealkylation sites (tertiary alicyclic amines) is 1. The highest BCUT2D eigenvalue weighted by molar-refractivity contribution is 5.24. The van der Waals surface area contributed by atoms with Crippen molar-refractivity contribution < 1.29 is 0 Å². The van der Waals surface area contributed by atoms with E-state index in [1.807, 2.05) is 0 Å². The van der Waals surface area contributed by atoms with Crippen LogP contribution in [0.4, 0.5) is 0 Å². The van der Waals surface area contributed by atoms with Crippen LogP contribution in [0.2, 0.25) is 0 Å². The Hall–Kier alpha value is -0.820. The molecule has 1 aliphatic heterocycles. The number of rotatable bonds is 2. The minimum Gasteiger partial charge on any atom is -0.288 e. The highest BCUT2D eigenvalue weighted by Gasteiger charge is 2.64. The summed E-state index contributed by atoms with van der Waals surface area (Å²) in [5.41, 5.74) is 2.79. The molecular formula is C15H19N. The standard InChI is InChI=1S/C15H19N/c1-2-4-13(5-3-1)12-16-14(6-7-14)10-11-15(16)8-9-15/h1-5H,6-12H2. The van der Waals surface area contributed by atoms with Gasteiger partial charge < -0.3 is 0 Å². The van der Waals surface area contributed by atoms with E-state index in [4.69, 9.17) is 0 Å². The maximum Gasteiger partial charge on any atom is 0.0244 e. The van der Waals surface area contributed by atoms with Gasteiger partial charge in [0.1, 0.15) is 0 Å². The first-order valence-electron chi connectivity index (χ1n) is 6.65. The van der Waals surface area contributed by atoms with Crippen LogP contribution in [0.15, 0.2) is 30.3 Å². The van der Waals surface area contributed by atoms with Gasteiger partial charge in [-0.25, -0.2) is 0 Å². The lowest BCUT2D eigenvalue weighted by atomic mass is 10.1. The third-order valence-electron chi connectivity index (χ3n) is 5.04. The molecule has 4 rings (SSSR count). The van der Waals surface area contributed by atoms with Crippen LogP contribution in [-0.2, 0) is 6.54 Å². The molecule has 16 heavy (non-hydrogen) atoms. The number of benzene rings is 1.